The molecule has 0 aliphatic heterocycles. The predicted octanol–water partition coefficient (Wildman–Crippen LogP) is 3.25. The topological polar surface area (TPSA) is 78.4 Å². The first-order chi connectivity index (χ1) is 9.31. The number of hydrogen-bond acceptors (Lipinski definition) is 2. The monoisotopic (exact) mass is 278 g/mol. The van der Waals surface area contributed by atoms with Gasteiger partial charge < -0.3 is 15.7 Å². The van der Waals surface area contributed by atoms with Gasteiger partial charge >= 0.3 is 12.0 Å². The van der Waals surface area contributed by atoms with Crippen LogP contribution in [0.25, 0.3) is 0 Å². The number of urea groups is 1. The lowest BCUT2D eigenvalue weighted by Crippen LogP contribution is -2.37. The second-order valence-electron chi connectivity index (χ2n) is 5.43. The molecule has 0 fully saturated rings. The number of carbonyl (C=O) groups excluding carboxylic acids is 1. The quantitative estimate of drug-likeness (QED) is 0.773. The van der Waals surface area contributed by atoms with E-state index in [-0.39, 0.29) is 17.6 Å². The van der Waals surface area contributed by atoms with Crippen molar-refractivity contribution in [2.75, 3.05) is 5.32 Å². The van der Waals surface area contributed by atoms with Crippen LogP contribution in [-0.4, -0.2) is 23.1 Å². The first-order valence-corrected chi connectivity index (χ1v) is 6.71. The van der Waals surface area contributed by atoms with Gasteiger partial charge in [0, 0.05) is 6.04 Å². The fourth-order valence-electron chi connectivity index (χ4n) is 2.15. The summed E-state index contributed by atoms with van der Waals surface area (Å²) in [5, 5.41) is 14.6. The summed E-state index contributed by atoms with van der Waals surface area (Å²) >= 11 is 0. The van der Waals surface area contributed by atoms with Gasteiger partial charge in [-0.05, 0) is 37.8 Å². The lowest BCUT2D eigenvalue weighted by Gasteiger charge is -2.18. The minimum atomic E-state index is -1.06. The minimum absolute atomic E-state index is 0.0345. The molecule has 20 heavy (non-hydrogen) atoms. The molecule has 0 saturated heterocycles. The summed E-state index contributed by atoms with van der Waals surface area (Å²) in [6, 6.07) is 4.55. The highest BCUT2D eigenvalue weighted by molar-refractivity contribution is 6.01. The van der Waals surface area contributed by atoms with Gasteiger partial charge in [0.25, 0.3) is 0 Å². The molecule has 0 aliphatic carbocycles. The summed E-state index contributed by atoms with van der Waals surface area (Å²) in [5.74, 6) is -0.572. The highest BCUT2D eigenvalue weighted by Gasteiger charge is 2.15. The number of nitrogens with one attached hydrogen (secondary N) is 2. The highest BCUT2D eigenvalue weighted by atomic mass is 16.4. The minimum Gasteiger partial charge on any atom is -0.478 e. The predicted molar refractivity (Wildman–Crippen MR) is 79.2 cm³/mol. The average molecular weight is 278 g/mol. The van der Waals surface area contributed by atoms with E-state index in [0.717, 1.165) is 12.0 Å². The van der Waals surface area contributed by atoms with Crippen LogP contribution in [0.15, 0.2) is 18.2 Å². The third kappa shape index (κ3) is 4.57. The molecule has 0 aliphatic rings. The van der Waals surface area contributed by atoms with Gasteiger partial charge in [-0.2, -0.15) is 0 Å². The molecule has 0 saturated carbocycles. The molecule has 5 heteroatoms. The van der Waals surface area contributed by atoms with Crippen LogP contribution in [0.3, 0.4) is 0 Å². The number of carbonyl (C=O) groups is 2. The number of carboxylic acids is 1. The van der Waals surface area contributed by atoms with Crippen LogP contribution >= 0.6 is 0 Å². The number of rotatable bonds is 5. The molecule has 0 bridgehead atoms. The Morgan fingerprint density at radius 2 is 1.90 bits per heavy atom. The third-order valence-corrected chi connectivity index (χ3v) is 2.94. The number of amides is 2. The zero-order chi connectivity index (χ0) is 15.3. The number of anilines is 1. The number of para-hydroxylation sites is 1. The Labute approximate surface area is 119 Å². The summed E-state index contributed by atoms with van der Waals surface area (Å²) in [6.45, 7) is 7.86. The van der Waals surface area contributed by atoms with Gasteiger partial charge in [-0.1, -0.05) is 26.0 Å². The smallest absolute Gasteiger partial charge is 0.337 e. The molecule has 1 atom stereocenters. The van der Waals surface area contributed by atoms with E-state index >= 15 is 0 Å². The Kier molecular flexibility index (Phi) is 5.55. The van der Waals surface area contributed by atoms with Crippen LogP contribution in [-0.2, 0) is 0 Å². The number of benzene rings is 1. The molecule has 0 heterocycles. The number of aryl methyl sites for hydroxylation is 1. The molecule has 0 aromatic heterocycles. The molecular formula is C15H22N2O3. The Hall–Kier alpha value is -2.04. The SMILES string of the molecule is Cc1cccc(C(=O)O)c1NC(=O)NC(C)CC(C)C. The molecular weight excluding hydrogens is 256 g/mol. The zero-order valence-electron chi connectivity index (χ0n) is 12.4. The van der Waals surface area contributed by atoms with Crippen molar-refractivity contribution in [2.45, 2.75) is 40.2 Å². The molecule has 3 N–H and O–H groups in total. The van der Waals surface area contributed by atoms with Gasteiger partial charge in [0.05, 0.1) is 11.3 Å². The van der Waals surface area contributed by atoms with Gasteiger partial charge in [0.15, 0.2) is 0 Å². The van der Waals surface area contributed by atoms with E-state index in [2.05, 4.69) is 24.5 Å². The lowest BCUT2D eigenvalue weighted by molar-refractivity contribution is 0.0698. The van der Waals surface area contributed by atoms with Crippen molar-refractivity contribution >= 4 is 17.7 Å². The van der Waals surface area contributed by atoms with E-state index in [9.17, 15) is 9.59 Å². The van der Waals surface area contributed by atoms with E-state index in [1.54, 1.807) is 19.1 Å². The van der Waals surface area contributed by atoms with Crippen LogP contribution in [0, 0.1) is 12.8 Å². The maximum Gasteiger partial charge on any atom is 0.337 e. The Morgan fingerprint density at radius 3 is 2.45 bits per heavy atom. The summed E-state index contributed by atoms with van der Waals surface area (Å²) in [7, 11) is 0. The van der Waals surface area contributed by atoms with E-state index in [1.165, 1.54) is 6.07 Å². The first-order valence-electron chi connectivity index (χ1n) is 6.71. The van der Waals surface area contributed by atoms with Crippen molar-refractivity contribution in [3.05, 3.63) is 29.3 Å². The van der Waals surface area contributed by atoms with Crippen LogP contribution in [0.1, 0.15) is 43.1 Å². The molecule has 1 unspecified atom stereocenters. The molecule has 0 spiro atoms. The Bertz CT molecular complexity index is 498. The molecule has 0 radical (unpaired) electrons. The van der Waals surface area contributed by atoms with Gasteiger partial charge in [-0.25, -0.2) is 9.59 Å². The van der Waals surface area contributed by atoms with Gasteiger partial charge in [-0.3, -0.25) is 0 Å². The third-order valence-electron chi connectivity index (χ3n) is 2.94. The van der Waals surface area contributed by atoms with Gasteiger partial charge in [0.1, 0.15) is 0 Å². The average Bonchev–Trinajstić information content (AvgIpc) is 2.29. The van der Waals surface area contributed by atoms with E-state index in [1.807, 2.05) is 6.92 Å². The Morgan fingerprint density at radius 1 is 1.25 bits per heavy atom. The number of aromatic carboxylic acids is 1. The van der Waals surface area contributed by atoms with Crippen LogP contribution < -0.4 is 10.6 Å². The van der Waals surface area contributed by atoms with Crippen molar-refractivity contribution in [1.82, 2.24) is 5.32 Å². The van der Waals surface area contributed by atoms with E-state index in [0.29, 0.717) is 11.6 Å². The maximum absolute atomic E-state index is 11.9. The normalized spacial score (nSPS) is 12.1. The second-order valence-corrected chi connectivity index (χ2v) is 5.43. The fraction of sp³-hybridized carbons (Fsp3) is 0.467. The van der Waals surface area contributed by atoms with Gasteiger partial charge in [0.2, 0.25) is 0 Å². The largest absolute Gasteiger partial charge is 0.478 e. The molecule has 2 amide bonds. The van der Waals surface area contributed by atoms with Crippen molar-refractivity contribution in [2.24, 2.45) is 5.92 Å². The molecule has 1 aromatic carbocycles. The molecule has 1 rings (SSSR count). The fourth-order valence-corrected chi connectivity index (χ4v) is 2.15. The van der Waals surface area contributed by atoms with Crippen LogP contribution in [0.4, 0.5) is 10.5 Å². The second kappa shape index (κ2) is 6.93. The summed E-state index contributed by atoms with van der Waals surface area (Å²) < 4.78 is 0. The molecule has 110 valence electrons. The molecule has 1 aromatic rings. The van der Waals surface area contributed by atoms with Crippen molar-refractivity contribution < 1.29 is 14.7 Å². The molecule has 5 nitrogen and oxygen atoms in total. The standard InChI is InChI=1S/C15H22N2O3/c1-9(2)8-11(4)16-15(20)17-13-10(3)6-5-7-12(13)14(18)19/h5-7,9,11H,8H2,1-4H3,(H,18,19)(H2,16,17,20). The van der Waals surface area contributed by atoms with Gasteiger partial charge in [-0.15, -0.1) is 0 Å². The van der Waals surface area contributed by atoms with Crippen molar-refractivity contribution in [1.29, 1.82) is 0 Å². The number of carboxylic acid groups (broad SMARTS) is 1. The number of hydrogen-bond donors (Lipinski definition) is 3. The summed E-state index contributed by atoms with van der Waals surface area (Å²) in [6.07, 6.45) is 0.868. The highest BCUT2D eigenvalue weighted by Crippen LogP contribution is 2.20. The zero-order valence-corrected chi connectivity index (χ0v) is 12.4. The Balaban J connectivity index is 2.78. The van der Waals surface area contributed by atoms with Crippen LogP contribution in [0.2, 0.25) is 0 Å². The van der Waals surface area contributed by atoms with E-state index in [4.69, 9.17) is 5.11 Å². The summed E-state index contributed by atoms with van der Waals surface area (Å²) in [4.78, 5) is 23.1. The summed E-state index contributed by atoms with van der Waals surface area (Å²) in [5.41, 5.74) is 1.16. The van der Waals surface area contributed by atoms with Crippen molar-refractivity contribution in [3.8, 4) is 0 Å². The van der Waals surface area contributed by atoms with Crippen LogP contribution in [0.5, 0.6) is 0 Å². The lowest BCUT2D eigenvalue weighted by atomic mass is 10.1. The van der Waals surface area contributed by atoms with Crippen molar-refractivity contribution in [3.63, 3.8) is 0 Å². The maximum atomic E-state index is 11.9. The van der Waals surface area contributed by atoms with E-state index < -0.39 is 5.97 Å². The first kappa shape index (κ1) is 16.0.